The van der Waals surface area contributed by atoms with E-state index in [1.54, 1.807) is 0 Å². The van der Waals surface area contributed by atoms with Crippen molar-refractivity contribution in [3.63, 3.8) is 0 Å². The number of halogens is 3. The van der Waals surface area contributed by atoms with Crippen LogP contribution >= 0.6 is 22.6 Å². The van der Waals surface area contributed by atoms with Crippen LogP contribution in [0, 0.1) is 0 Å². The van der Waals surface area contributed by atoms with Crippen LogP contribution in [0.2, 0.25) is 0 Å². The molecule has 0 spiro atoms. The summed E-state index contributed by atoms with van der Waals surface area (Å²) >= 11 is 1.47. The number of carbonyl (C=O) groups is 2. The zero-order chi connectivity index (χ0) is 14.1. The van der Waals surface area contributed by atoms with Crippen LogP contribution in [-0.2, 0) is 4.79 Å². The van der Waals surface area contributed by atoms with Crippen LogP contribution in [0.5, 0.6) is 0 Å². The maximum atomic E-state index is 13.3. The molecule has 102 valence electrons. The van der Waals surface area contributed by atoms with Crippen molar-refractivity contribution in [3.05, 3.63) is 12.3 Å². The van der Waals surface area contributed by atoms with Gasteiger partial charge in [0.25, 0.3) is 9.84 Å². The molecule has 2 amide bonds. The average Bonchev–Trinajstić information content (AvgIpc) is 2.52. The van der Waals surface area contributed by atoms with E-state index in [0.29, 0.717) is 0 Å². The summed E-state index contributed by atoms with van der Waals surface area (Å²) in [6, 6.07) is -1.76. The van der Waals surface area contributed by atoms with Gasteiger partial charge in [0.2, 0.25) is 5.91 Å². The van der Waals surface area contributed by atoms with E-state index in [9.17, 15) is 18.4 Å². The predicted molar refractivity (Wildman–Crippen MR) is 70.4 cm³/mol. The number of nitrogens with one attached hydrogen (secondary N) is 1. The molecule has 1 aliphatic heterocycles. The van der Waals surface area contributed by atoms with Gasteiger partial charge in [0.15, 0.2) is 0 Å². The van der Waals surface area contributed by atoms with Gasteiger partial charge in [0.05, 0.1) is 12.6 Å². The van der Waals surface area contributed by atoms with E-state index < -0.39 is 40.8 Å². The Balaban J connectivity index is 2.83. The molecule has 0 radical (unpaired) electrons. The topological polar surface area (TPSA) is 75.4 Å². The lowest BCUT2D eigenvalue weighted by molar-refractivity contribution is -0.134. The van der Waals surface area contributed by atoms with Crippen molar-refractivity contribution >= 4 is 32.4 Å². The quantitative estimate of drug-likeness (QED) is 0.444. The van der Waals surface area contributed by atoms with Crippen molar-refractivity contribution in [1.82, 2.24) is 10.2 Å². The molecule has 1 heterocycles. The van der Waals surface area contributed by atoms with E-state index in [0.717, 1.165) is 4.90 Å². The van der Waals surface area contributed by atoms with Crippen LogP contribution in [0.15, 0.2) is 12.3 Å². The lowest BCUT2D eigenvalue weighted by atomic mass is 10.1. The lowest BCUT2D eigenvalue weighted by Crippen LogP contribution is -2.48. The molecule has 0 saturated carbocycles. The fraction of sp³-hybridized carbons (Fsp3) is 0.600. The Labute approximate surface area is 117 Å². The zero-order valence-electron chi connectivity index (χ0n) is 9.75. The number of amides is 2. The van der Waals surface area contributed by atoms with Crippen LogP contribution in [0.3, 0.4) is 0 Å². The minimum Gasteiger partial charge on any atom is -0.401 e. The highest BCUT2D eigenvalue weighted by atomic mass is 127. The molecule has 1 rings (SSSR count). The minimum absolute atomic E-state index is 0.0218. The first-order chi connectivity index (χ1) is 8.14. The monoisotopic (exact) mass is 373 g/mol. The van der Waals surface area contributed by atoms with Gasteiger partial charge in [-0.25, -0.2) is 8.78 Å². The Bertz CT molecular complexity index is 389. The number of hydrogen-bond acceptors (Lipinski definition) is 3. The Kier molecular flexibility index (Phi) is 4.51. The molecular weight excluding hydrogens is 359 g/mol. The van der Waals surface area contributed by atoms with E-state index in [4.69, 9.17) is 5.73 Å². The largest absolute Gasteiger partial charge is 0.401 e. The van der Waals surface area contributed by atoms with Gasteiger partial charge in [-0.2, -0.15) is 0 Å². The number of alkyl halides is 2. The molecular formula is C10H14F2IN3O2. The third-order valence-electron chi connectivity index (χ3n) is 2.68. The van der Waals surface area contributed by atoms with E-state index in [1.807, 2.05) is 0 Å². The third-order valence-corrected chi connectivity index (χ3v) is 2.99. The summed E-state index contributed by atoms with van der Waals surface area (Å²) < 4.78 is 26.2. The molecule has 18 heavy (non-hydrogen) atoms. The maximum absolute atomic E-state index is 13.3. The first-order valence-electron chi connectivity index (χ1n) is 5.22. The SMILES string of the molecule is C=C(N)[C@@H]1CC(F)(F)CN1C(=O)[C@H](C)NC(=O)I. The predicted octanol–water partition coefficient (Wildman–Crippen LogP) is 1.23. The lowest BCUT2D eigenvalue weighted by Gasteiger charge is -2.26. The van der Waals surface area contributed by atoms with Crippen molar-refractivity contribution in [2.45, 2.75) is 31.4 Å². The highest BCUT2D eigenvalue weighted by molar-refractivity contribution is 14.1. The number of nitrogens with two attached hydrogens (primary N) is 1. The van der Waals surface area contributed by atoms with Gasteiger partial charge in [-0.15, -0.1) is 0 Å². The smallest absolute Gasteiger partial charge is 0.281 e. The zero-order valence-corrected chi connectivity index (χ0v) is 11.9. The van der Waals surface area contributed by atoms with Crippen LogP contribution < -0.4 is 11.1 Å². The molecule has 1 saturated heterocycles. The summed E-state index contributed by atoms with van der Waals surface area (Å²) in [6.45, 7) is 4.15. The molecule has 3 N–H and O–H groups in total. The van der Waals surface area contributed by atoms with Gasteiger partial charge in [-0.1, -0.05) is 6.58 Å². The van der Waals surface area contributed by atoms with E-state index in [2.05, 4.69) is 11.9 Å². The molecule has 1 fully saturated rings. The molecule has 0 aromatic rings. The number of rotatable bonds is 3. The summed E-state index contributed by atoms with van der Waals surface area (Å²) in [7, 11) is 0. The van der Waals surface area contributed by atoms with E-state index in [-0.39, 0.29) is 5.70 Å². The van der Waals surface area contributed by atoms with Crippen LogP contribution in [-0.4, -0.2) is 39.3 Å². The highest BCUT2D eigenvalue weighted by Gasteiger charge is 2.48. The molecule has 8 heteroatoms. The highest BCUT2D eigenvalue weighted by Crippen LogP contribution is 2.34. The second-order valence-corrected chi connectivity index (χ2v) is 5.24. The fourth-order valence-corrected chi connectivity index (χ4v) is 2.33. The Morgan fingerprint density at radius 3 is 2.61 bits per heavy atom. The second-order valence-electron chi connectivity index (χ2n) is 4.26. The fourth-order valence-electron chi connectivity index (χ4n) is 1.86. The summed E-state index contributed by atoms with van der Waals surface area (Å²) in [6.07, 6.45) is -0.529. The minimum atomic E-state index is -2.98. The standard InChI is InChI=1S/C10H14F2IN3O2/c1-5(14)7-3-10(11,12)4-16(7)8(17)6(2)15-9(13)18/h6-7H,1,3-4,14H2,2H3,(H,15,18)/t6-,7-/m0/s1. The Morgan fingerprint density at radius 1 is 1.61 bits per heavy atom. The normalized spacial score (nSPS) is 23.6. The molecule has 5 nitrogen and oxygen atoms in total. The van der Waals surface area contributed by atoms with Gasteiger partial charge in [-0.3, -0.25) is 9.59 Å². The Hall–Kier alpha value is -0.930. The number of carbonyl (C=O) groups excluding carboxylic acids is 2. The summed E-state index contributed by atoms with van der Waals surface area (Å²) in [5.74, 6) is -3.56. The average molecular weight is 373 g/mol. The number of nitrogens with zero attached hydrogens (tertiary/aromatic N) is 1. The van der Waals surface area contributed by atoms with E-state index in [1.165, 1.54) is 29.5 Å². The Morgan fingerprint density at radius 2 is 2.17 bits per heavy atom. The molecule has 0 aromatic carbocycles. The van der Waals surface area contributed by atoms with E-state index >= 15 is 0 Å². The molecule has 1 aliphatic rings. The van der Waals surface area contributed by atoms with Crippen molar-refractivity contribution in [1.29, 1.82) is 0 Å². The van der Waals surface area contributed by atoms with Gasteiger partial charge in [-0.05, 0) is 6.92 Å². The van der Waals surface area contributed by atoms with Gasteiger partial charge < -0.3 is 16.0 Å². The third kappa shape index (κ3) is 3.53. The summed E-state index contributed by atoms with van der Waals surface area (Å²) in [4.78, 5) is 23.8. The van der Waals surface area contributed by atoms with Crippen molar-refractivity contribution < 1.29 is 18.4 Å². The van der Waals surface area contributed by atoms with Crippen LogP contribution in [0.25, 0.3) is 0 Å². The van der Waals surface area contributed by atoms with Gasteiger partial charge >= 0.3 is 0 Å². The maximum Gasteiger partial charge on any atom is 0.281 e. The molecule has 0 aromatic heterocycles. The number of hydrogen-bond donors (Lipinski definition) is 2. The van der Waals surface area contributed by atoms with Crippen molar-refractivity contribution in [2.75, 3.05) is 6.54 Å². The first-order valence-corrected chi connectivity index (χ1v) is 6.30. The molecule has 0 bridgehead atoms. The van der Waals surface area contributed by atoms with Gasteiger partial charge in [0, 0.05) is 34.7 Å². The number of likely N-dealkylation sites (tertiary alicyclic amines) is 1. The molecule has 0 unspecified atom stereocenters. The second kappa shape index (κ2) is 5.37. The summed E-state index contributed by atoms with van der Waals surface area (Å²) in [5.41, 5.74) is 5.46. The van der Waals surface area contributed by atoms with Crippen LogP contribution in [0.1, 0.15) is 13.3 Å². The molecule has 0 aliphatic carbocycles. The van der Waals surface area contributed by atoms with Crippen molar-refractivity contribution in [3.8, 4) is 0 Å². The summed E-state index contributed by atoms with van der Waals surface area (Å²) in [5, 5.41) is 2.35. The molecule has 2 atom stereocenters. The van der Waals surface area contributed by atoms with Gasteiger partial charge in [0.1, 0.15) is 6.04 Å². The van der Waals surface area contributed by atoms with Crippen LogP contribution in [0.4, 0.5) is 13.6 Å². The van der Waals surface area contributed by atoms with Crippen molar-refractivity contribution in [2.24, 2.45) is 5.73 Å². The first kappa shape index (κ1) is 15.1.